The summed E-state index contributed by atoms with van der Waals surface area (Å²) >= 11 is 0. The maximum Gasteiger partial charge on any atom is 1.00 e. The van der Waals surface area contributed by atoms with Crippen molar-refractivity contribution in [3.05, 3.63) is 35.0 Å². The summed E-state index contributed by atoms with van der Waals surface area (Å²) in [4.78, 5) is 0. The second kappa shape index (κ2) is 5.83. The number of para-hydroxylation sites is 1. The molecule has 1 heterocycles. The standard InChI is InChI=1S/C11H14NO5S.Li/c1-11(2)16-9-6-4-3-5-8(9)10(17-11)7-15-18(12,13)14;/h3-6,10H,7H2,1-2H3,(H-,12,13,14);/q-1;+1/t10-;/m1./s1. The summed E-state index contributed by atoms with van der Waals surface area (Å²) < 4.78 is 37.1. The Morgan fingerprint density at radius 1 is 1.37 bits per heavy atom. The molecule has 0 radical (unpaired) electrons. The SMILES string of the molecule is CC1(C)Oc2ccccc2[C@@H](COS([NH-])(=O)=O)O1.[Li+]. The van der Waals surface area contributed by atoms with Gasteiger partial charge in [-0.3, -0.25) is 4.18 Å². The number of hydrogen-bond donors (Lipinski definition) is 0. The largest absolute Gasteiger partial charge is 1.00 e. The van der Waals surface area contributed by atoms with Gasteiger partial charge in [-0.15, -0.1) is 0 Å². The smallest absolute Gasteiger partial charge is 0.540 e. The zero-order chi connectivity index (χ0) is 13.4. The second-order valence-electron chi connectivity index (χ2n) is 4.38. The topological polar surface area (TPSA) is 85.6 Å². The maximum absolute atomic E-state index is 10.7. The molecule has 0 bridgehead atoms. The monoisotopic (exact) mass is 279 g/mol. The number of benzene rings is 1. The minimum atomic E-state index is -4.23. The number of fused-ring (bicyclic) bond motifs is 1. The van der Waals surface area contributed by atoms with E-state index in [1.54, 1.807) is 32.0 Å². The summed E-state index contributed by atoms with van der Waals surface area (Å²) in [5.41, 5.74) is 0.709. The summed E-state index contributed by atoms with van der Waals surface area (Å²) in [5, 5.41) is 6.70. The van der Waals surface area contributed by atoms with Gasteiger partial charge < -0.3 is 14.6 Å². The normalized spacial score (nSPS) is 20.9. The van der Waals surface area contributed by atoms with Gasteiger partial charge in [0.15, 0.2) is 10.3 Å². The van der Waals surface area contributed by atoms with Gasteiger partial charge in [-0.05, 0) is 6.07 Å². The van der Waals surface area contributed by atoms with Gasteiger partial charge in [0.2, 0.25) is 5.79 Å². The summed E-state index contributed by atoms with van der Waals surface area (Å²) in [7, 11) is -4.23. The van der Waals surface area contributed by atoms with Crippen molar-refractivity contribution >= 4 is 10.3 Å². The van der Waals surface area contributed by atoms with Crippen molar-refractivity contribution in [2.75, 3.05) is 6.61 Å². The molecule has 19 heavy (non-hydrogen) atoms. The van der Waals surface area contributed by atoms with E-state index in [0.717, 1.165) is 0 Å². The molecule has 1 aliphatic rings. The Morgan fingerprint density at radius 3 is 2.63 bits per heavy atom. The zero-order valence-corrected chi connectivity index (χ0v) is 11.9. The summed E-state index contributed by atoms with van der Waals surface area (Å²) in [6.07, 6.45) is -0.579. The molecule has 1 atom stereocenters. The second-order valence-corrected chi connectivity index (χ2v) is 5.53. The van der Waals surface area contributed by atoms with Gasteiger partial charge >= 0.3 is 18.9 Å². The first kappa shape index (κ1) is 16.5. The third kappa shape index (κ3) is 4.49. The molecule has 0 aromatic heterocycles. The Morgan fingerprint density at radius 2 is 2.00 bits per heavy atom. The molecule has 100 valence electrons. The fourth-order valence-corrected chi connectivity index (χ4v) is 2.11. The predicted octanol–water partition coefficient (Wildman–Crippen LogP) is -0.810. The summed E-state index contributed by atoms with van der Waals surface area (Å²) in [6, 6.07) is 7.17. The zero-order valence-electron chi connectivity index (χ0n) is 11.0. The van der Waals surface area contributed by atoms with E-state index in [0.29, 0.717) is 11.3 Å². The minimum Gasteiger partial charge on any atom is -0.540 e. The van der Waals surface area contributed by atoms with E-state index in [9.17, 15) is 8.42 Å². The maximum atomic E-state index is 10.7. The molecular formula is C11H14LiNO5S. The van der Waals surface area contributed by atoms with Crippen LogP contribution in [-0.2, 0) is 19.2 Å². The van der Waals surface area contributed by atoms with E-state index in [2.05, 4.69) is 4.18 Å². The van der Waals surface area contributed by atoms with Crippen LogP contribution >= 0.6 is 0 Å². The van der Waals surface area contributed by atoms with Gasteiger partial charge in [-0.1, -0.05) is 18.2 Å². The Hall–Kier alpha value is -0.553. The van der Waals surface area contributed by atoms with Gasteiger partial charge in [0.1, 0.15) is 11.9 Å². The van der Waals surface area contributed by atoms with Crippen LogP contribution in [0.1, 0.15) is 25.5 Å². The molecule has 2 rings (SSSR count). The van der Waals surface area contributed by atoms with Crippen molar-refractivity contribution in [1.82, 2.24) is 0 Å². The molecule has 6 nitrogen and oxygen atoms in total. The van der Waals surface area contributed by atoms with Crippen LogP contribution in [0.25, 0.3) is 5.14 Å². The molecule has 1 aromatic rings. The summed E-state index contributed by atoms with van der Waals surface area (Å²) in [6.45, 7) is 3.21. The molecular weight excluding hydrogens is 265 g/mol. The predicted molar refractivity (Wildman–Crippen MR) is 64.2 cm³/mol. The van der Waals surface area contributed by atoms with E-state index < -0.39 is 22.2 Å². The molecule has 0 spiro atoms. The molecule has 1 N–H and O–H groups in total. The average molecular weight is 279 g/mol. The van der Waals surface area contributed by atoms with Gasteiger partial charge in [0, 0.05) is 19.4 Å². The fraction of sp³-hybridized carbons (Fsp3) is 0.455. The summed E-state index contributed by atoms with van der Waals surface area (Å²) in [5.74, 6) is -0.238. The molecule has 1 aliphatic heterocycles. The van der Waals surface area contributed by atoms with E-state index in [4.69, 9.17) is 14.6 Å². The van der Waals surface area contributed by atoms with Crippen molar-refractivity contribution in [3.63, 3.8) is 0 Å². The molecule has 0 fully saturated rings. The Labute approximate surface area is 124 Å². The third-order valence-electron chi connectivity index (χ3n) is 2.42. The van der Waals surface area contributed by atoms with Gasteiger partial charge in [0.25, 0.3) is 0 Å². The third-order valence-corrected chi connectivity index (χ3v) is 2.87. The molecule has 0 unspecified atom stereocenters. The first-order valence-electron chi connectivity index (χ1n) is 5.37. The van der Waals surface area contributed by atoms with Crippen LogP contribution in [0.2, 0.25) is 0 Å². The van der Waals surface area contributed by atoms with Crippen molar-refractivity contribution in [1.29, 1.82) is 0 Å². The Balaban J connectivity index is 0.00000180. The van der Waals surface area contributed by atoms with Gasteiger partial charge in [0.05, 0.1) is 6.61 Å². The van der Waals surface area contributed by atoms with Crippen LogP contribution in [0.3, 0.4) is 0 Å². The first-order chi connectivity index (χ1) is 8.27. The van der Waals surface area contributed by atoms with E-state index in [1.165, 1.54) is 0 Å². The number of hydrogen-bond acceptors (Lipinski definition) is 5. The fourth-order valence-electron chi connectivity index (χ4n) is 1.81. The van der Waals surface area contributed by atoms with E-state index >= 15 is 0 Å². The molecule has 1 aromatic carbocycles. The number of nitrogens with one attached hydrogen (secondary N) is 1. The van der Waals surface area contributed by atoms with Crippen molar-refractivity contribution < 1.29 is 40.9 Å². The Bertz CT molecular complexity index is 546. The Kier molecular flexibility index (Phi) is 5.07. The van der Waals surface area contributed by atoms with Crippen LogP contribution in [0.15, 0.2) is 24.3 Å². The molecule has 0 saturated heterocycles. The molecule has 8 heteroatoms. The first-order valence-corrected chi connectivity index (χ1v) is 6.77. The number of rotatable bonds is 3. The minimum absolute atomic E-state index is 0. The average Bonchev–Trinajstić information content (AvgIpc) is 2.23. The van der Waals surface area contributed by atoms with Crippen molar-refractivity contribution in [3.8, 4) is 5.75 Å². The van der Waals surface area contributed by atoms with Crippen molar-refractivity contribution in [2.45, 2.75) is 25.7 Å². The van der Waals surface area contributed by atoms with Gasteiger partial charge in [-0.25, -0.2) is 8.42 Å². The van der Waals surface area contributed by atoms with E-state index in [-0.39, 0.29) is 25.5 Å². The molecule has 0 saturated carbocycles. The van der Waals surface area contributed by atoms with Crippen LogP contribution in [0, 0.1) is 0 Å². The van der Waals surface area contributed by atoms with Crippen LogP contribution in [0.5, 0.6) is 5.75 Å². The van der Waals surface area contributed by atoms with Crippen LogP contribution < -0.4 is 23.6 Å². The van der Waals surface area contributed by atoms with Crippen molar-refractivity contribution in [2.24, 2.45) is 0 Å². The van der Waals surface area contributed by atoms with Gasteiger partial charge in [-0.2, -0.15) is 0 Å². The number of ether oxygens (including phenoxy) is 2. The van der Waals surface area contributed by atoms with E-state index in [1.807, 2.05) is 6.07 Å². The van der Waals surface area contributed by atoms with Crippen LogP contribution in [-0.4, -0.2) is 20.8 Å². The molecule has 0 amide bonds. The van der Waals surface area contributed by atoms with Crippen LogP contribution in [0.4, 0.5) is 0 Å². The quantitative estimate of drug-likeness (QED) is 0.675. The molecule has 0 aliphatic carbocycles.